The van der Waals surface area contributed by atoms with Gasteiger partial charge in [0.25, 0.3) is 5.56 Å². The molecule has 36 heavy (non-hydrogen) atoms. The van der Waals surface area contributed by atoms with Crippen molar-refractivity contribution in [1.29, 1.82) is 0 Å². The van der Waals surface area contributed by atoms with Crippen LogP contribution in [0, 0.1) is 13.8 Å². The minimum absolute atomic E-state index is 0.0859. The van der Waals surface area contributed by atoms with E-state index in [9.17, 15) is 9.59 Å². The summed E-state index contributed by atoms with van der Waals surface area (Å²) in [6.45, 7) is 9.40. The number of thiophene rings is 1. The van der Waals surface area contributed by atoms with Crippen molar-refractivity contribution >= 4 is 27.5 Å². The molecule has 188 valence electrons. The topological polar surface area (TPSA) is 82.5 Å². The number of carbonyl (C=O) groups excluding carboxylic acids is 1. The Morgan fingerprint density at radius 3 is 2.56 bits per heavy atom. The average molecular weight is 506 g/mol. The van der Waals surface area contributed by atoms with Gasteiger partial charge in [-0.1, -0.05) is 29.8 Å². The largest absolute Gasteiger partial charge is 0.490 e. The summed E-state index contributed by atoms with van der Waals surface area (Å²) >= 11 is 1.44. The highest BCUT2D eigenvalue weighted by molar-refractivity contribution is 7.17. The third-order valence-electron chi connectivity index (χ3n) is 5.89. The molecule has 0 unspecified atom stereocenters. The summed E-state index contributed by atoms with van der Waals surface area (Å²) in [6, 6.07) is 12.0. The molecular weight excluding hydrogens is 474 g/mol. The quantitative estimate of drug-likeness (QED) is 0.332. The number of fused-ring (bicyclic) bond motifs is 1. The molecule has 0 aliphatic heterocycles. The zero-order chi connectivity index (χ0) is 25.7. The van der Waals surface area contributed by atoms with E-state index in [1.165, 1.54) is 27.8 Å². The van der Waals surface area contributed by atoms with E-state index in [-0.39, 0.29) is 18.0 Å². The second-order valence-electron chi connectivity index (χ2n) is 8.57. The first-order valence-electron chi connectivity index (χ1n) is 12.1. The number of ether oxygens (including phenoxy) is 2. The number of benzene rings is 2. The van der Waals surface area contributed by atoms with Crippen LogP contribution in [0.5, 0.6) is 11.5 Å². The first-order valence-corrected chi connectivity index (χ1v) is 13.0. The number of amides is 1. The van der Waals surface area contributed by atoms with Gasteiger partial charge in [-0.15, -0.1) is 11.3 Å². The van der Waals surface area contributed by atoms with Crippen LogP contribution in [0.15, 0.2) is 52.9 Å². The lowest BCUT2D eigenvalue weighted by atomic mass is 9.99. The molecule has 0 aliphatic carbocycles. The second kappa shape index (κ2) is 11.4. The molecule has 4 aromatic rings. The number of aromatic nitrogens is 2. The smallest absolute Gasteiger partial charge is 0.263 e. The van der Waals surface area contributed by atoms with Crippen molar-refractivity contribution in [3.05, 3.63) is 75.1 Å². The van der Waals surface area contributed by atoms with Crippen molar-refractivity contribution in [3.8, 4) is 22.6 Å². The Morgan fingerprint density at radius 1 is 1.03 bits per heavy atom. The van der Waals surface area contributed by atoms with E-state index in [1.54, 1.807) is 0 Å². The molecule has 0 bridgehead atoms. The molecule has 7 nitrogen and oxygen atoms in total. The molecule has 8 heteroatoms. The molecule has 0 saturated heterocycles. The maximum absolute atomic E-state index is 13.3. The van der Waals surface area contributed by atoms with E-state index in [1.807, 2.05) is 63.4 Å². The van der Waals surface area contributed by atoms with Crippen molar-refractivity contribution < 1.29 is 14.3 Å². The van der Waals surface area contributed by atoms with Crippen LogP contribution >= 0.6 is 11.3 Å². The predicted octanol–water partition coefficient (Wildman–Crippen LogP) is 4.90. The highest BCUT2D eigenvalue weighted by Gasteiger charge is 2.16. The van der Waals surface area contributed by atoms with E-state index in [0.717, 1.165) is 22.3 Å². The molecular formula is C28H31N3O4S. The van der Waals surface area contributed by atoms with Crippen molar-refractivity contribution in [3.63, 3.8) is 0 Å². The van der Waals surface area contributed by atoms with E-state index in [0.29, 0.717) is 47.9 Å². The lowest BCUT2D eigenvalue weighted by molar-refractivity contribution is -0.121. The van der Waals surface area contributed by atoms with Gasteiger partial charge < -0.3 is 14.8 Å². The van der Waals surface area contributed by atoms with Crippen LogP contribution in [0.2, 0.25) is 0 Å². The maximum Gasteiger partial charge on any atom is 0.263 e. The summed E-state index contributed by atoms with van der Waals surface area (Å²) in [5.41, 5.74) is 4.96. The van der Waals surface area contributed by atoms with E-state index >= 15 is 0 Å². The Kier molecular flexibility index (Phi) is 8.05. The van der Waals surface area contributed by atoms with Crippen molar-refractivity contribution in [1.82, 2.24) is 14.9 Å². The summed E-state index contributed by atoms with van der Waals surface area (Å²) in [4.78, 5) is 31.1. The van der Waals surface area contributed by atoms with Crippen molar-refractivity contribution in [2.75, 3.05) is 19.8 Å². The Morgan fingerprint density at radius 2 is 1.81 bits per heavy atom. The van der Waals surface area contributed by atoms with Gasteiger partial charge in [-0.3, -0.25) is 14.2 Å². The summed E-state index contributed by atoms with van der Waals surface area (Å²) < 4.78 is 12.7. The van der Waals surface area contributed by atoms with Gasteiger partial charge in [0, 0.05) is 17.5 Å². The van der Waals surface area contributed by atoms with Gasteiger partial charge in [-0.05, 0) is 62.9 Å². The summed E-state index contributed by atoms with van der Waals surface area (Å²) in [5.74, 6) is 1.17. The molecule has 2 aromatic carbocycles. The lowest BCUT2D eigenvalue weighted by Gasteiger charge is -2.13. The molecule has 1 N–H and O–H groups in total. The number of aryl methyl sites for hydroxylation is 2. The molecule has 2 heterocycles. The third kappa shape index (κ3) is 5.60. The molecule has 0 fully saturated rings. The number of hydrogen-bond acceptors (Lipinski definition) is 6. The van der Waals surface area contributed by atoms with Crippen molar-refractivity contribution in [2.24, 2.45) is 0 Å². The monoisotopic (exact) mass is 505 g/mol. The molecule has 0 aliphatic rings. The summed E-state index contributed by atoms with van der Waals surface area (Å²) in [7, 11) is 0. The van der Waals surface area contributed by atoms with E-state index < -0.39 is 0 Å². The molecule has 0 saturated carbocycles. The second-order valence-corrected chi connectivity index (χ2v) is 9.43. The Bertz CT molecular complexity index is 1440. The van der Waals surface area contributed by atoms with E-state index in [4.69, 9.17) is 9.47 Å². The average Bonchev–Trinajstić information content (AvgIpc) is 3.27. The van der Waals surface area contributed by atoms with Crippen molar-refractivity contribution in [2.45, 2.75) is 40.7 Å². The summed E-state index contributed by atoms with van der Waals surface area (Å²) in [6.07, 6.45) is 2.08. The number of nitrogens with one attached hydrogen (secondary N) is 1. The zero-order valence-corrected chi connectivity index (χ0v) is 21.9. The van der Waals surface area contributed by atoms with Crippen LogP contribution in [0.4, 0.5) is 0 Å². The van der Waals surface area contributed by atoms with Crippen LogP contribution in [-0.2, 0) is 17.8 Å². The molecule has 0 atom stereocenters. The van der Waals surface area contributed by atoms with Crippen LogP contribution in [0.3, 0.4) is 0 Å². The summed E-state index contributed by atoms with van der Waals surface area (Å²) in [5, 5.41) is 5.43. The van der Waals surface area contributed by atoms with Crippen LogP contribution < -0.4 is 20.3 Å². The van der Waals surface area contributed by atoms with Gasteiger partial charge in [-0.2, -0.15) is 0 Å². The minimum atomic E-state index is -0.238. The lowest BCUT2D eigenvalue weighted by Crippen LogP contribution is -2.33. The van der Waals surface area contributed by atoms with Crippen LogP contribution in [0.25, 0.3) is 21.3 Å². The molecule has 1 amide bonds. The minimum Gasteiger partial charge on any atom is -0.490 e. The molecule has 0 radical (unpaired) electrons. The highest BCUT2D eigenvalue weighted by Crippen LogP contribution is 2.33. The first kappa shape index (κ1) is 25.4. The standard InChI is InChI=1S/C28H31N3O4S/c1-5-34-23-10-8-20(14-24(23)35-6-2)11-12-29-25(32)15-31-17-30-27-26(28(31)33)22(16-36-27)21-9-7-18(3)13-19(21)4/h7-10,13-14,16-17H,5-6,11-12,15H2,1-4H3,(H,29,32). The van der Waals surface area contributed by atoms with E-state index in [2.05, 4.69) is 16.4 Å². The number of nitrogens with zero attached hydrogens (tertiary/aromatic N) is 2. The number of rotatable bonds is 10. The SMILES string of the molecule is CCOc1ccc(CCNC(=O)Cn2cnc3scc(-c4ccc(C)cc4C)c3c2=O)cc1OCC. The van der Waals surface area contributed by atoms with Gasteiger partial charge in [-0.25, -0.2) is 4.98 Å². The van der Waals surface area contributed by atoms with Gasteiger partial charge >= 0.3 is 0 Å². The molecule has 2 aromatic heterocycles. The number of hydrogen-bond donors (Lipinski definition) is 1. The van der Waals surface area contributed by atoms with Gasteiger partial charge in [0.15, 0.2) is 11.5 Å². The Labute approximate surface area is 214 Å². The fourth-order valence-corrected chi connectivity index (χ4v) is 5.10. The van der Waals surface area contributed by atoms with Gasteiger partial charge in [0.2, 0.25) is 5.91 Å². The Balaban J connectivity index is 1.45. The predicted molar refractivity (Wildman–Crippen MR) is 144 cm³/mol. The first-order chi connectivity index (χ1) is 17.4. The fourth-order valence-electron chi connectivity index (χ4n) is 4.20. The maximum atomic E-state index is 13.3. The third-order valence-corrected chi connectivity index (χ3v) is 6.78. The highest BCUT2D eigenvalue weighted by atomic mass is 32.1. The van der Waals surface area contributed by atoms with Gasteiger partial charge in [0.05, 0.1) is 24.9 Å². The van der Waals surface area contributed by atoms with Gasteiger partial charge in [0.1, 0.15) is 11.4 Å². The normalized spacial score (nSPS) is 11.0. The number of carbonyl (C=O) groups is 1. The van der Waals surface area contributed by atoms with Crippen LogP contribution in [-0.4, -0.2) is 35.2 Å². The fraction of sp³-hybridized carbons (Fsp3) is 0.321. The van der Waals surface area contributed by atoms with Crippen LogP contribution in [0.1, 0.15) is 30.5 Å². The molecule has 0 spiro atoms. The molecule has 4 rings (SSSR count). The zero-order valence-electron chi connectivity index (χ0n) is 21.1. The Hall–Kier alpha value is -3.65.